The van der Waals surface area contributed by atoms with Crippen LogP contribution < -0.4 is 14.9 Å². The van der Waals surface area contributed by atoms with Gasteiger partial charge in [0.05, 0.1) is 17.1 Å². The van der Waals surface area contributed by atoms with Crippen molar-refractivity contribution in [1.82, 2.24) is 10.6 Å². The van der Waals surface area contributed by atoms with Crippen LogP contribution in [0.25, 0.3) is 11.0 Å². The van der Waals surface area contributed by atoms with E-state index in [-0.39, 0.29) is 23.1 Å². The number of nitrogens with zero attached hydrogens (tertiary/aromatic N) is 1. The van der Waals surface area contributed by atoms with Crippen molar-refractivity contribution in [3.63, 3.8) is 0 Å². The summed E-state index contributed by atoms with van der Waals surface area (Å²) in [5, 5.41) is 7.42. The van der Waals surface area contributed by atoms with Crippen LogP contribution in [0.5, 0.6) is 0 Å². The summed E-state index contributed by atoms with van der Waals surface area (Å²) in [6.45, 7) is 2.92. The van der Waals surface area contributed by atoms with Crippen LogP contribution in [0.1, 0.15) is 21.7 Å². The third-order valence-corrected chi connectivity index (χ3v) is 8.01. The van der Waals surface area contributed by atoms with Gasteiger partial charge in [-0.3, -0.25) is 9.10 Å². The van der Waals surface area contributed by atoms with Crippen molar-refractivity contribution in [2.75, 3.05) is 24.4 Å². The number of likely N-dealkylation sites (N-methyl/N-ethyl adjacent to an activating group) is 1. The smallest absolute Gasteiger partial charge is 0.287 e. The molecule has 0 atom stereocenters. The number of hydrogen-bond donors (Lipinski definition) is 2. The zero-order chi connectivity index (χ0) is 25.9. The van der Waals surface area contributed by atoms with E-state index in [1.807, 2.05) is 0 Å². The van der Waals surface area contributed by atoms with Gasteiger partial charge in [0.1, 0.15) is 5.58 Å². The normalized spacial score (nSPS) is 11.6. The third-order valence-electron chi connectivity index (χ3n) is 5.72. The summed E-state index contributed by atoms with van der Waals surface area (Å²) in [5.74, 6) is -0.129. The second-order valence-corrected chi connectivity index (χ2v) is 10.9. The Morgan fingerprint density at radius 2 is 1.58 bits per heavy atom. The molecule has 4 rings (SSSR count). The number of carbonyl (C=O) groups is 1. The van der Waals surface area contributed by atoms with Gasteiger partial charge in [0, 0.05) is 34.1 Å². The highest BCUT2D eigenvalue weighted by molar-refractivity contribution is 7.92. The van der Waals surface area contributed by atoms with E-state index in [0.29, 0.717) is 45.4 Å². The molecule has 3 aromatic carbocycles. The number of fused-ring (bicyclic) bond motifs is 1. The van der Waals surface area contributed by atoms with Crippen LogP contribution in [-0.4, -0.2) is 34.5 Å². The van der Waals surface area contributed by atoms with Crippen LogP contribution in [0, 0.1) is 6.92 Å². The Bertz CT molecular complexity index is 1480. The Morgan fingerprint density at radius 3 is 2.22 bits per heavy atom. The number of rotatable bonds is 9. The molecule has 0 bridgehead atoms. The molecule has 36 heavy (non-hydrogen) atoms. The maximum absolute atomic E-state index is 13.8. The second kappa shape index (κ2) is 10.9. The fourth-order valence-corrected chi connectivity index (χ4v) is 5.46. The number of anilines is 1. The van der Waals surface area contributed by atoms with Gasteiger partial charge < -0.3 is 15.1 Å². The molecular formula is C26H25Cl2N3O4S. The maximum atomic E-state index is 13.8. The molecule has 0 unspecified atom stereocenters. The number of sulfonamides is 1. The number of amides is 1. The van der Waals surface area contributed by atoms with Crippen LogP contribution in [0.15, 0.2) is 76.0 Å². The Balaban J connectivity index is 1.77. The van der Waals surface area contributed by atoms with Crippen molar-refractivity contribution >= 4 is 55.8 Å². The van der Waals surface area contributed by atoms with Crippen LogP contribution >= 0.6 is 23.2 Å². The van der Waals surface area contributed by atoms with Crippen LogP contribution in [0.3, 0.4) is 0 Å². The van der Waals surface area contributed by atoms with Gasteiger partial charge in [0.2, 0.25) is 0 Å². The lowest BCUT2D eigenvalue weighted by atomic mass is 10.1. The molecule has 0 radical (unpaired) electrons. The molecule has 2 N–H and O–H groups in total. The molecule has 0 saturated carbocycles. The standard InChI is InChI=1S/C26H25Cl2N3O4S/c1-17-23-15-21(9-12-24(23)35-25(17)26(32)30-14-13-29-2)31(16-18-3-5-19(27)6-4-18)36(33,34)22-10-7-20(28)8-11-22/h3-12,15,29H,13-14,16H2,1-2H3,(H,30,32). The topological polar surface area (TPSA) is 91.7 Å². The van der Waals surface area contributed by atoms with Crippen molar-refractivity contribution in [2.24, 2.45) is 0 Å². The fourth-order valence-electron chi connectivity index (χ4n) is 3.77. The van der Waals surface area contributed by atoms with E-state index >= 15 is 0 Å². The van der Waals surface area contributed by atoms with E-state index in [4.69, 9.17) is 27.6 Å². The summed E-state index contributed by atoms with van der Waals surface area (Å²) < 4.78 is 34.6. The number of benzene rings is 3. The van der Waals surface area contributed by atoms with Crippen molar-refractivity contribution in [3.05, 3.63) is 93.7 Å². The Morgan fingerprint density at radius 1 is 0.944 bits per heavy atom. The van der Waals surface area contributed by atoms with Crippen LogP contribution in [-0.2, 0) is 16.6 Å². The zero-order valence-electron chi connectivity index (χ0n) is 19.7. The number of halogens is 2. The van der Waals surface area contributed by atoms with Gasteiger partial charge in [-0.2, -0.15) is 0 Å². The highest BCUT2D eigenvalue weighted by Crippen LogP contribution is 2.33. The minimum Gasteiger partial charge on any atom is -0.451 e. The number of aryl methyl sites for hydroxylation is 1. The first-order chi connectivity index (χ1) is 17.2. The number of hydrogen-bond acceptors (Lipinski definition) is 5. The van der Waals surface area contributed by atoms with E-state index in [0.717, 1.165) is 5.56 Å². The lowest BCUT2D eigenvalue weighted by Crippen LogP contribution is -2.30. The second-order valence-electron chi connectivity index (χ2n) is 8.19. The minimum atomic E-state index is -3.96. The molecule has 1 aromatic heterocycles. The molecule has 0 aliphatic rings. The SMILES string of the molecule is CNCCNC(=O)c1oc2ccc(N(Cc3ccc(Cl)cc3)S(=O)(=O)c3ccc(Cl)cc3)cc2c1C. The van der Waals surface area contributed by atoms with E-state index in [1.54, 1.807) is 56.4 Å². The highest BCUT2D eigenvalue weighted by Gasteiger charge is 2.27. The summed E-state index contributed by atoms with van der Waals surface area (Å²) in [6.07, 6.45) is 0. The highest BCUT2D eigenvalue weighted by atomic mass is 35.5. The molecule has 188 valence electrons. The van der Waals surface area contributed by atoms with Crippen molar-refractivity contribution < 1.29 is 17.6 Å². The number of carbonyl (C=O) groups excluding carboxylic acids is 1. The molecule has 0 fully saturated rings. The predicted molar refractivity (Wildman–Crippen MR) is 143 cm³/mol. The zero-order valence-corrected chi connectivity index (χ0v) is 22.0. The fraction of sp³-hybridized carbons (Fsp3) is 0.192. The van der Waals surface area contributed by atoms with Gasteiger partial charge >= 0.3 is 0 Å². The van der Waals surface area contributed by atoms with Crippen molar-refractivity contribution in [2.45, 2.75) is 18.4 Å². The van der Waals surface area contributed by atoms with Crippen LogP contribution in [0.2, 0.25) is 10.0 Å². The van der Waals surface area contributed by atoms with Gasteiger partial charge in [-0.15, -0.1) is 0 Å². The Hall–Kier alpha value is -3.04. The average Bonchev–Trinajstić information content (AvgIpc) is 3.19. The minimum absolute atomic E-state index is 0.0713. The van der Waals surface area contributed by atoms with Gasteiger partial charge in [-0.05, 0) is 74.1 Å². The van der Waals surface area contributed by atoms with E-state index in [2.05, 4.69) is 10.6 Å². The van der Waals surface area contributed by atoms with Crippen molar-refractivity contribution in [1.29, 1.82) is 0 Å². The molecule has 0 saturated heterocycles. The first-order valence-corrected chi connectivity index (χ1v) is 13.4. The quantitative estimate of drug-likeness (QED) is 0.275. The summed E-state index contributed by atoms with van der Waals surface area (Å²) >= 11 is 12.0. The van der Waals surface area contributed by atoms with Gasteiger partial charge in [-0.25, -0.2) is 8.42 Å². The van der Waals surface area contributed by atoms with E-state index in [9.17, 15) is 13.2 Å². The molecule has 0 spiro atoms. The van der Waals surface area contributed by atoms with E-state index in [1.165, 1.54) is 28.6 Å². The molecule has 10 heteroatoms. The lowest BCUT2D eigenvalue weighted by molar-refractivity contribution is 0.0927. The first-order valence-electron chi connectivity index (χ1n) is 11.2. The molecule has 7 nitrogen and oxygen atoms in total. The monoisotopic (exact) mass is 545 g/mol. The average molecular weight is 546 g/mol. The lowest BCUT2D eigenvalue weighted by Gasteiger charge is -2.25. The molecule has 1 amide bonds. The van der Waals surface area contributed by atoms with Crippen molar-refractivity contribution in [3.8, 4) is 0 Å². The van der Waals surface area contributed by atoms with Gasteiger partial charge in [-0.1, -0.05) is 35.3 Å². The molecular weight excluding hydrogens is 521 g/mol. The molecule has 0 aliphatic heterocycles. The summed E-state index contributed by atoms with van der Waals surface area (Å²) in [7, 11) is -2.16. The summed E-state index contributed by atoms with van der Waals surface area (Å²) in [4.78, 5) is 12.7. The first kappa shape index (κ1) is 26.0. The number of nitrogens with one attached hydrogen (secondary N) is 2. The third kappa shape index (κ3) is 5.52. The Kier molecular flexibility index (Phi) is 7.90. The largest absolute Gasteiger partial charge is 0.451 e. The maximum Gasteiger partial charge on any atom is 0.287 e. The van der Waals surface area contributed by atoms with Crippen LogP contribution in [0.4, 0.5) is 5.69 Å². The molecule has 4 aromatic rings. The van der Waals surface area contributed by atoms with Gasteiger partial charge in [0.25, 0.3) is 15.9 Å². The predicted octanol–water partition coefficient (Wildman–Crippen LogP) is 5.39. The van der Waals surface area contributed by atoms with Gasteiger partial charge in [0.15, 0.2) is 5.76 Å². The molecule has 1 heterocycles. The Labute approximate surface area is 220 Å². The summed E-state index contributed by atoms with van der Waals surface area (Å²) in [6, 6.07) is 18.1. The van der Waals surface area contributed by atoms with E-state index < -0.39 is 10.0 Å². The number of furan rings is 1. The molecule has 0 aliphatic carbocycles. The summed E-state index contributed by atoms with van der Waals surface area (Å²) in [5.41, 5.74) is 2.30.